The van der Waals surface area contributed by atoms with Crippen LogP contribution in [0.3, 0.4) is 0 Å². The molecule has 1 saturated heterocycles. The third-order valence-electron chi connectivity index (χ3n) is 2.92. The van der Waals surface area contributed by atoms with E-state index in [1.165, 1.54) is 4.90 Å². The van der Waals surface area contributed by atoms with Gasteiger partial charge in [-0.15, -0.1) is 0 Å². The van der Waals surface area contributed by atoms with Crippen LogP contribution in [0.5, 0.6) is 0 Å². The van der Waals surface area contributed by atoms with E-state index in [0.29, 0.717) is 5.56 Å². The van der Waals surface area contributed by atoms with Gasteiger partial charge in [-0.3, -0.25) is 24.8 Å². The summed E-state index contributed by atoms with van der Waals surface area (Å²) >= 11 is 0. The van der Waals surface area contributed by atoms with Crippen molar-refractivity contribution in [3.63, 3.8) is 0 Å². The quantitative estimate of drug-likeness (QED) is 0.684. The molecular weight excluding hydrogens is 248 g/mol. The number of amides is 3. The number of H-pyrrole nitrogens is 1. The highest BCUT2D eigenvalue weighted by Crippen LogP contribution is 2.14. The van der Waals surface area contributed by atoms with Gasteiger partial charge in [0.15, 0.2) is 0 Å². The Morgan fingerprint density at radius 2 is 1.95 bits per heavy atom. The van der Waals surface area contributed by atoms with Gasteiger partial charge in [0.25, 0.3) is 5.91 Å². The molecule has 1 fully saturated rings. The zero-order valence-corrected chi connectivity index (χ0v) is 9.84. The van der Waals surface area contributed by atoms with Crippen LogP contribution in [0.4, 0.5) is 0 Å². The Morgan fingerprint density at radius 1 is 1.21 bits per heavy atom. The summed E-state index contributed by atoms with van der Waals surface area (Å²) in [6, 6.07) is 5.07. The number of hydrogen-bond donors (Lipinski definition) is 2. The zero-order chi connectivity index (χ0) is 13.4. The van der Waals surface area contributed by atoms with Crippen LogP contribution in [0.25, 0.3) is 10.9 Å². The molecule has 7 heteroatoms. The van der Waals surface area contributed by atoms with Crippen molar-refractivity contribution in [2.45, 2.75) is 0 Å². The first-order valence-corrected chi connectivity index (χ1v) is 5.68. The van der Waals surface area contributed by atoms with E-state index in [2.05, 4.69) is 15.5 Å². The molecule has 2 aromatic rings. The molecule has 0 saturated carbocycles. The maximum absolute atomic E-state index is 12.2. The molecule has 0 bridgehead atoms. The number of nitrogens with one attached hydrogen (secondary N) is 2. The highest BCUT2D eigenvalue weighted by molar-refractivity contribution is 6.06. The van der Waals surface area contributed by atoms with Gasteiger partial charge >= 0.3 is 0 Å². The maximum atomic E-state index is 12.2. The molecule has 1 aromatic heterocycles. The first-order chi connectivity index (χ1) is 9.13. The molecule has 1 aliphatic heterocycles. The number of aromatic amines is 1. The molecule has 96 valence electrons. The van der Waals surface area contributed by atoms with Crippen LogP contribution in [0.15, 0.2) is 24.4 Å². The highest BCUT2D eigenvalue weighted by atomic mass is 16.2. The monoisotopic (exact) mass is 258 g/mol. The van der Waals surface area contributed by atoms with Crippen molar-refractivity contribution in [2.24, 2.45) is 0 Å². The molecule has 0 aliphatic carbocycles. The van der Waals surface area contributed by atoms with Gasteiger partial charge in [0.1, 0.15) is 13.1 Å². The minimum absolute atomic E-state index is 0.106. The van der Waals surface area contributed by atoms with Crippen molar-refractivity contribution in [2.75, 3.05) is 13.1 Å². The standard InChI is InChI=1S/C12H10N4O3/c17-10-5-16(6-11(18)14-10)12(19)7-1-2-8-4-13-15-9(8)3-7/h1-4H,5-6H2,(H,13,15)(H,14,17,18). The second kappa shape index (κ2) is 4.20. The largest absolute Gasteiger partial charge is 0.320 e. The van der Waals surface area contributed by atoms with Crippen LogP contribution in [-0.2, 0) is 9.59 Å². The minimum Gasteiger partial charge on any atom is -0.320 e. The van der Waals surface area contributed by atoms with E-state index in [1.54, 1.807) is 24.4 Å². The molecule has 7 nitrogen and oxygen atoms in total. The summed E-state index contributed by atoms with van der Waals surface area (Å²) < 4.78 is 0. The average Bonchev–Trinajstić information content (AvgIpc) is 2.83. The summed E-state index contributed by atoms with van der Waals surface area (Å²) in [5, 5.41) is 9.68. The van der Waals surface area contributed by atoms with Gasteiger partial charge in [-0.2, -0.15) is 5.10 Å². The van der Waals surface area contributed by atoms with Crippen molar-refractivity contribution in [3.05, 3.63) is 30.0 Å². The molecule has 0 radical (unpaired) electrons. The topological polar surface area (TPSA) is 95.2 Å². The highest BCUT2D eigenvalue weighted by Gasteiger charge is 2.27. The third-order valence-corrected chi connectivity index (χ3v) is 2.92. The molecule has 0 spiro atoms. The number of carbonyl (C=O) groups is 3. The zero-order valence-electron chi connectivity index (χ0n) is 9.84. The van der Waals surface area contributed by atoms with E-state index in [9.17, 15) is 14.4 Å². The third kappa shape index (κ3) is 2.05. The maximum Gasteiger partial charge on any atom is 0.254 e. The molecule has 2 N–H and O–H groups in total. The summed E-state index contributed by atoms with van der Waals surface area (Å²) in [6.45, 7) is -0.211. The van der Waals surface area contributed by atoms with Gasteiger partial charge in [0, 0.05) is 10.9 Å². The Morgan fingerprint density at radius 3 is 2.68 bits per heavy atom. The fraction of sp³-hybridized carbons (Fsp3) is 0.167. The predicted molar refractivity (Wildman–Crippen MR) is 65.1 cm³/mol. The number of nitrogens with zero attached hydrogens (tertiary/aromatic N) is 2. The van der Waals surface area contributed by atoms with Crippen LogP contribution >= 0.6 is 0 Å². The average molecular weight is 258 g/mol. The first-order valence-electron chi connectivity index (χ1n) is 5.68. The van der Waals surface area contributed by atoms with E-state index in [1.807, 2.05) is 0 Å². The van der Waals surface area contributed by atoms with Crippen LogP contribution in [0.1, 0.15) is 10.4 Å². The molecule has 1 aliphatic rings. The number of fused-ring (bicyclic) bond motifs is 1. The summed E-state index contributed by atoms with van der Waals surface area (Å²) in [6.07, 6.45) is 1.65. The van der Waals surface area contributed by atoms with Gasteiger partial charge < -0.3 is 4.90 Å². The summed E-state index contributed by atoms with van der Waals surface area (Å²) in [5.41, 5.74) is 1.15. The van der Waals surface area contributed by atoms with Crippen molar-refractivity contribution in [3.8, 4) is 0 Å². The lowest BCUT2D eigenvalue weighted by Crippen LogP contribution is -2.53. The van der Waals surface area contributed by atoms with Gasteiger partial charge in [0.05, 0.1) is 11.7 Å². The normalized spacial score (nSPS) is 15.7. The van der Waals surface area contributed by atoms with Crippen molar-refractivity contribution < 1.29 is 14.4 Å². The number of piperazine rings is 1. The Bertz CT molecular complexity index is 675. The van der Waals surface area contributed by atoms with E-state index in [4.69, 9.17) is 0 Å². The lowest BCUT2D eigenvalue weighted by Gasteiger charge is -2.25. The molecule has 3 rings (SSSR count). The Labute approximate surface area is 107 Å². The van der Waals surface area contributed by atoms with Gasteiger partial charge in [-0.1, -0.05) is 6.07 Å². The number of rotatable bonds is 1. The molecular formula is C12H10N4O3. The fourth-order valence-electron chi connectivity index (χ4n) is 2.03. The molecule has 0 atom stereocenters. The lowest BCUT2D eigenvalue weighted by molar-refractivity contribution is -0.135. The molecule has 2 heterocycles. The number of carbonyl (C=O) groups excluding carboxylic acids is 3. The van der Waals surface area contributed by atoms with E-state index in [-0.39, 0.29) is 19.0 Å². The van der Waals surface area contributed by atoms with Crippen molar-refractivity contribution in [1.82, 2.24) is 20.4 Å². The first kappa shape index (κ1) is 11.4. The molecule has 19 heavy (non-hydrogen) atoms. The number of aromatic nitrogens is 2. The summed E-state index contributed by atoms with van der Waals surface area (Å²) in [4.78, 5) is 35.9. The van der Waals surface area contributed by atoms with Crippen LogP contribution in [0.2, 0.25) is 0 Å². The van der Waals surface area contributed by atoms with Crippen LogP contribution in [-0.4, -0.2) is 45.9 Å². The van der Waals surface area contributed by atoms with E-state index in [0.717, 1.165) is 10.9 Å². The number of hydrogen-bond acceptors (Lipinski definition) is 4. The van der Waals surface area contributed by atoms with Crippen molar-refractivity contribution >= 4 is 28.6 Å². The van der Waals surface area contributed by atoms with Crippen molar-refractivity contribution in [1.29, 1.82) is 0 Å². The Balaban J connectivity index is 1.90. The Hall–Kier alpha value is -2.70. The molecule has 3 amide bonds. The Kier molecular flexibility index (Phi) is 2.52. The van der Waals surface area contributed by atoms with E-state index < -0.39 is 11.8 Å². The molecule has 1 aromatic carbocycles. The fourth-order valence-corrected chi connectivity index (χ4v) is 2.03. The second-order valence-electron chi connectivity index (χ2n) is 4.30. The summed E-state index contributed by atoms with van der Waals surface area (Å²) in [7, 11) is 0. The second-order valence-corrected chi connectivity index (χ2v) is 4.30. The van der Waals surface area contributed by atoms with Gasteiger partial charge in [-0.05, 0) is 12.1 Å². The predicted octanol–water partition coefficient (Wildman–Crippen LogP) is -0.338. The van der Waals surface area contributed by atoms with Crippen LogP contribution in [0, 0.1) is 0 Å². The lowest BCUT2D eigenvalue weighted by atomic mass is 10.1. The smallest absolute Gasteiger partial charge is 0.254 e. The number of benzene rings is 1. The SMILES string of the molecule is O=C1CN(C(=O)c2ccc3cn[nH]c3c2)CC(=O)N1. The molecule has 0 unspecified atom stereocenters. The summed E-state index contributed by atoms with van der Waals surface area (Å²) in [5.74, 6) is -1.28. The van der Waals surface area contributed by atoms with Gasteiger partial charge in [-0.25, -0.2) is 0 Å². The van der Waals surface area contributed by atoms with E-state index >= 15 is 0 Å². The van der Waals surface area contributed by atoms with Gasteiger partial charge in [0.2, 0.25) is 11.8 Å². The minimum atomic E-state index is -0.466. The van der Waals surface area contributed by atoms with Crippen LogP contribution < -0.4 is 5.32 Å². The number of imide groups is 1.